The van der Waals surface area contributed by atoms with Crippen molar-refractivity contribution in [2.45, 2.75) is 83.8 Å². The van der Waals surface area contributed by atoms with Gasteiger partial charge in [-0.05, 0) is 48.1 Å². The van der Waals surface area contributed by atoms with Gasteiger partial charge in [-0.3, -0.25) is 4.79 Å². The van der Waals surface area contributed by atoms with E-state index in [0.717, 1.165) is 54.4 Å². The SMILES string of the molecule is CCCCC(=O)N(Cc1ccc(-c2ccccc2-c2nn[nH]n2)cc1)C(CNC(=O)NC1CCCCC1)C(=O)OCC. The lowest BCUT2D eigenvalue weighted by Gasteiger charge is -2.31. The number of tetrazole rings is 1. The molecule has 3 aromatic rings. The summed E-state index contributed by atoms with van der Waals surface area (Å²) in [6, 6.07) is 14.5. The van der Waals surface area contributed by atoms with E-state index < -0.39 is 12.0 Å². The lowest BCUT2D eigenvalue weighted by atomic mass is 9.96. The number of aromatic amines is 1. The zero-order valence-electron chi connectivity index (χ0n) is 24.5. The molecule has 0 saturated heterocycles. The topological polar surface area (TPSA) is 142 Å². The van der Waals surface area contributed by atoms with Gasteiger partial charge >= 0.3 is 12.0 Å². The minimum Gasteiger partial charge on any atom is -0.464 e. The summed E-state index contributed by atoms with van der Waals surface area (Å²) in [7, 11) is 0. The highest BCUT2D eigenvalue weighted by molar-refractivity contribution is 5.86. The van der Waals surface area contributed by atoms with E-state index in [9.17, 15) is 14.4 Å². The Morgan fingerprint density at radius 2 is 1.76 bits per heavy atom. The number of hydrogen-bond acceptors (Lipinski definition) is 7. The Labute approximate surface area is 246 Å². The number of carbonyl (C=O) groups excluding carboxylic acids is 3. The molecule has 0 aliphatic heterocycles. The molecule has 3 amide bonds. The normalized spacial score (nSPS) is 14.1. The van der Waals surface area contributed by atoms with Gasteiger partial charge in [0.1, 0.15) is 6.04 Å². The van der Waals surface area contributed by atoms with Crippen molar-refractivity contribution in [1.82, 2.24) is 36.2 Å². The number of esters is 1. The smallest absolute Gasteiger partial charge is 0.330 e. The summed E-state index contributed by atoms with van der Waals surface area (Å²) >= 11 is 0. The number of urea groups is 1. The molecule has 1 heterocycles. The first kappa shape index (κ1) is 30.7. The molecule has 0 radical (unpaired) electrons. The van der Waals surface area contributed by atoms with E-state index in [-0.39, 0.29) is 37.7 Å². The molecule has 1 aliphatic carbocycles. The number of rotatable bonds is 13. The van der Waals surface area contributed by atoms with Crippen molar-refractivity contribution in [2.24, 2.45) is 0 Å². The van der Waals surface area contributed by atoms with Crippen LogP contribution in [0.5, 0.6) is 0 Å². The van der Waals surface area contributed by atoms with Gasteiger partial charge in [-0.25, -0.2) is 9.59 Å². The van der Waals surface area contributed by atoms with Crippen LogP contribution in [0, 0.1) is 0 Å². The van der Waals surface area contributed by atoms with E-state index in [1.807, 2.05) is 55.5 Å². The van der Waals surface area contributed by atoms with Crippen LogP contribution in [0.3, 0.4) is 0 Å². The van der Waals surface area contributed by atoms with Crippen LogP contribution in [0.15, 0.2) is 48.5 Å². The Morgan fingerprint density at radius 1 is 1.02 bits per heavy atom. The van der Waals surface area contributed by atoms with Gasteiger partial charge in [0.25, 0.3) is 0 Å². The van der Waals surface area contributed by atoms with E-state index in [1.54, 1.807) is 6.92 Å². The molecule has 42 heavy (non-hydrogen) atoms. The van der Waals surface area contributed by atoms with Gasteiger partial charge in [0.15, 0.2) is 0 Å². The lowest BCUT2D eigenvalue weighted by molar-refractivity contribution is -0.155. The van der Waals surface area contributed by atoms with Gasteiger partial charge in [0.05, 0.1) is 13.2 Å². The summed E-state index contributed by atoms with van der Waals surface area (Å²) in [6.45, 7) is 4.08. The summed E-state index contributed by atoms with van der Waals surface area (Å²) in [5.74, 6) is -0.193. The highest BCUT2D eigenvalue weighted by atomic mass is 16.5. The van der Waals surface area contributed by atoms with Crippen LogP contribution in [0.25, 0.3) is 22.5 Å². The number of amides is 3. The number of carbonyl (C=O) groups is 3. The van der Waals surface area contributed by atoms with Crippen LogP contribution in [-0.2, 0) is 20.9 Å². The average molecular weight is 576 g/mol. The second-order valence-electron chi connectivity index (χ2n) is 10.6. The predicted molar refractivity (Wildman–Crippen MR) is 159 cm³/mol. The maximum absolute atomic E-state index is 13.4. The third-order valence-electron chi connectivity index (χ3n) is 7.53. The number of nitrogens with one attached hydrogen (secondary N) is 3. The highest BCUT2D eigenvalue weighted by Gasteiger charge is 2.31. The fourth-order valence-corrected chi connectivity index (χ4v) is 5.27. The molecule has 11 heteroatoms. The molecule has 1 fully saturated rings. The minimum atomic E-state index is -0.954. The largest absolute Gasteiger partial charge is 0.464 e. The van der Waals surface area contributed by atoms with Crippen molar-refractivity contribution in [1.29, 1.82) is 0 Å². The summed E-state index contributed by atoms with van der Waals surface area (Å²) in [4.78, 5) is 40.8. The van der Waals surface area contributed by atoms with Crippen molar-refractivity contribution in [3.8, 4) is 22.5 Å². The quantitative estimate of drug-likeness (QED) is 0.253. The number of nitrogens with zero attached hydrogens (tertiary/aromatic N) is 4. The monoisotopic (exact) mass is 575 g/mol. The van der Waals surface area contributed by atoms with Gasteiger partial charge in [0.2, 0.25) is 11.7 Å². The van der Waals surface area contributed by atoms with E-state index in [2.05, 4.69) is 31.3 Å². The summed E-state index contributed by atoms with van der Waals surface area (Å²) in [5, 5.41) is 20.2. The van der Waals surface area contributed by atoms with Gasteiger partial charge in [-0.2, -0.15) is 5.21 Å². The second-order valence-corrected chi connectivity index (χ2v) is 10.6. The van der Waals surface area contributed by atoms with E-state index >= 15 is 0 Å². The average Bonchev–Trinajstić information content (AvgIpc) is 3.55. The van der Waals surface area contributed by atoms with Crippen LogP contribution >= 0.6 is 0 Å². The highest BCUT2D eigenvalue weighted by Crippen LogP contribution is 2.30. The van der Waals surface area contributed by atoms with Crippen LogP contribution < -0.4 is 10.6 Å². The van der Waals surface area contributed by atoms with E-state index in [1.165, 1.54) is 11.3 Å². The second kappa shape index (κ2) is 15.6. The van der Waals surface area contributed by atoms with Crippen LogP contribution in [0.1, 0.15) is 70.8 Å². The number of unbranched alkanes of at least 4 members (excludes halogenated alkanes) is 1. The molecule has 1 saturated carbocycles. The standard InChI is InChI=1S/C31H41N7O4/c1-3-5-15-28(39)38(27(30(40)42-4-2)20-32-31(41)33-24-11-7-6-8-12-24)21-22-16-18-23(19-17-22)25-13-9-10-14-26(25)29-34-36-37-35-29/h9-10,13-14,16-19,24,27H,3-8,11-12,15,20-21H2,1-2H3,(H2,32,33,41)(H,34,35,36,37). The first-order valence-corrected chi connectivity index (χ1v) is 14.9. The third-order valence-corrected chi connectivity index (χ3v) is 7.53. The molecule has 0 bridgehead atoms. The molecule has 1 aliphatic rings. The third kappa shape index (κ3) is 8.37. The molecule has 3 N–H and O–H groups in total. The van der Waals surface area contributed by atoms with Crippen molar-refractivity contribution in [2.75, 3.05) is 13.2 Å². The fourth-order valence-electron chi connectivity index (χ4n) is 5.27. The summed E-state index contributed by atoms with van der Waals surface area (Å²) < 4.78 is 5.36. The van der Waals surface area contributed by atoms with Crippen LogP contribution in [-0.4, -0.2) is 68.7 Å². The Kier molecular flexibility index (Phi) is 11.4. The molecule has 2 aromatic carbocycles. The summed E-state index contributed by atoms with van der Waals surface area (Å²) in [5.41, 5.74) is 3.59. The maximum Gasteiger partial charge on any atom is 0.330 e. The lowest BCUT2D eigenvalue weighted by Crippen LogP contribution is -2.53. The minimum absolute atomic E-state index is 0.0363. The maximum atomic E-state index is 13.4. The van der Waals surface area contributed by atoms with Crippen molar-refractivity contribution >= 4 is 17.9 Å². The number of aromatic nitrogens is 4. The zero-order valence-corrected chi connectivity index (χ0v) is 24.5. The van der Waals surface area contributed by atoms with Crippen molar-refractivity contribution < 1.29 is 19.1 Å². The summed E-state index contributed by atoms with van der Waals surface area (Å²) in [6.07, 6.45) is 7.13. The van der Waals surface area contributed by atoms with Gasteiger partial charge in [0, 0.05) is 24.6 Å². The number of benzene rings is 2. The van der Waals surface area contributed by atoms with Gasteiger partial charge < -0.3 is 20.3 Å². The van der Waals surface area contributed by atoms with Gasteiger partial charge in [-0.15, -0.1) is 10.2 Å². The Bertz CT molecular complexity index is 1290. The Morgan fingerprint density at radius 3 is 2.43 bits per heavy atom. The van der Waals surface area contributed by atoms with Crippen molar-refractivity contribution in [3.63, 3.8) is 0 Å². The van der Waals surface area contributed by atoms with Crippen LogP contribution in [0.2, 0.25) is 0 Å². The molecule has 1 aromatic heterocycles. The van der Waals surface area contributed by atoms with E-state index in [0.29, 0.717) is 18.7 Å². The predicted octanol–water partition coefficient (Wildman–Crippen LogP) is 4.62. The molecule has 224 valence electrons. The first-order chi connectivity index (χ1) is 20.5. The van der Waals surface area contributed by atoms with Gasteiger partial charge in [-0.1, -0.05) is 81.1 Å². The molecule has 1 atom stereocenters. The molecule has 1 unspecified atom stereocenters. The molecular weight excluding hydrogens is 534 g/mol. The fraction of sp³-hybridized carbons (Fsp3) is 0.484. The van der Waals surface area contributed by atoms with Crippen LogP contribution in [0.4, 0.5) is 4.79 Å². The van der Waals surface area contributed by atoms with E-state index in [4.69, 9.17) is 4.74 Å². The molecule has 4 rings (SSSR count). The first-order valence-electron chi connectivity index (χ1n) is 14.9. The molecular formula is C31H41N7O4. The Hall–Kier alpha value is -4.28. The Balaban J connectivity index is 1.53. The number of hydrogen-bond donors (Lipinski definition) is 3. The molecule has 11 nitrogen and oxygen atoms in total. The van der Waals surface area contributed by atoms with Crippen molar-refractivity contribution in [3.05, 3.63) is 54.1 Å². The number of H-pyrrole nitrogens is 1. The molecule has 0 spiro atoms. The number of ether oxygens (including phenoxy) is 1. The zero-order chi connectivity index (χ0) is 29.7.